The molecule has 0 saturated carbocycles. The number of aromatic amines is 1. The van der Waals surface area contributed by atoms with Gasteiger partial charge in [-0.2, -0.15) is 0 Å². The van der Waals surface area contributed by atoms with E-state index in [0.717, 1.165) is 16.6 Å². The van der Waals surface area contributed by atoms with Crippen molar-refractivity contribution in [1.29, 1.82) is 0 Å². The Balaban J connectivity index is 2.19. The molecule has 1 N–H and O–H groups in total. The molecule has 3 rings (SSSR count). The molecule has 96 valence electrons. The van der Waals surface area contributed by atoms with E-state index in [1.807, 2.05) is 36.4 Å². The smallest absolute Gasteiger partial charge is 0.140 e. The highest BCUT2D eigenvalue weighted by atomic mass is 35.5. The van der Waals surface area contributed by atoms with Crippen molar-refractivity contribution in [2.45, 2.75) is 0 Å². The quantitative estimate of drug-likeness (QED) is 0.753. The second-order valence-electron chi connectivity index (χ2n) is 4.07. The number of imidazole rings is 1. The molecule has 19 heavy (non-hydrogen) atoms. The second kappa shape index (κ2) is 4.76. The molecule has 0 aliphatic rings. The van der Waals surface area contributed by atoms with Crippen LogP contribution in [-0.4, -0.2) is 17.1 Å². The first-order valence-electron chi connectivity index (χ1n) is 5.67. The van der Waals surface area contributed by atoms with Gasteiger partial charge in [0, 0.05) is 10.6 Å². The van der Waals surface area contributed by atoms with Crippen molar-refractivity contribution >= 4 is 34.2 Å². The van der Waals surface area contributed by atoms with E-state index in [0.29, 0.717) is 21.6 Å². The summed E-state index contributed by atoms with van der Waals surface area (Å²) in [5.41, 5.74) is 2.52. The highest BCUT2D eigenvalue weighted by Crippen LogP contribution is 2.34. The van der Waals surface area contributed by atoms with E-state index in [1.54, 1.807) is 7.11 Å². The molecule has 0 bridgehead atoms. The van der Waals surface area contributed by atoms with Gasteiger partial charge in [-0.05, 0) is 30.3 Å². The minimum Gasteiger partial charge on any atom is -0.495 e. The molecule has 0 aliphatic heterocycles. The number of fused-ring (bicyclic) bond motifs is 1. The van der Waals surface area contributed by atoms with Crippen LogP contribution in [0.3, 0.4) is 0 Å². The average molecular weight is 293 g/mol. The van der Waals surface area contributed by atoms with Crippen molar-refractivity contribution in [2.75, 3.05) is 7.11 Å². The van der Waals surface area contributed by atoms with Gasteiger partial charge in [-0.25, -0.2) is 4.98 Å². The van der Waals surface area contributed by atoms with Crippen LogP contribution in [0.2, 0.25) is 10.0 Å². The van der Waals surface area contributed by atoms with Gasteiger partial charge < -0.3 is 9.72 Å². The highest BCUT2D eigenvalue weighted by molar-refractivity contribution is 6.34. The van der Waals surface area contributed by atoms with E-state index in [9.17, 15) is 0 Å². The molecular formula is C14H10Cl2N2O. The Hall–Kier alpha value is -1.71. The Kier molecular flexibility index (Phi) is 3.09. The van der Waals surface area contributed by atoms with E-state index in [2.05, 4.69) is 9.97 Å². The summed E-state index contributed by atoms with van der Waals surface area (Å²) in [4.78, 5) is 7.72. The van der Waals surface area contributed by atoms with Gasteiger partial charge in [0.15, 0.2) is 0 Å². The van der Waals surface area contributed by atoms with Gasteiger partial charge in [0.2, 0.25) is 0 Å². The molecule has 0 saturated heterocycles. The maximum absolute atomic E-state index is 6.29. The number of halogens is 2. The molecule has 0 radical (unpaired) electrons. The Labute approximate surface area is 120 Å². The summed E-state index contributed by atoms with van der Waals surface area (Å²) < 4.78 is 5.21. The van der Waals surface area contributed by atoms with Gasteiger partial charge in [-0.15, -0.1) is 0 Å². The summed E-state index contributed by atoms with van der Waals surface area (Å²) in [5, 5.41) is 1.20. The standard InChI is InChI=1S/C14H10Cl2N2O/c1-19-12-4-2-3-9(13(12)16)14-17-10-6-5-8(15)7-11(10)18-14/h2-7H,1H3,(H,17,18). The van der Waals surface area contributed by atoms with Crippen LogP contribution in [0.4, 0.5) is 0 Å². The van der Waals surface area contributed by atoms with Crippen molar-refractivity contribution < 1.29 is 4.74 Å². The van der Waals surface area contributed by atoms with Crippen LogP contribution in [0.5, 0.6) is 5.75 Å². The van der Waals surface area contributed by atoms with Gasteiger partial charge >= 0.3 is 0 Å². The number of H-pyrrole nitrogens is 1. The van der Waals surface area contributed by atoms with E-state index >= 15 is 0 Å². The molecule has 2 aromatic carbocycles. The van der Waals surface area contributed by atoms with Crippen LogP contribution in [0.1, 0.15) is 0 Å². The SMILES string of the molecule is COc1cccc(-c2nc3ccc(Cl)cc3[nH]2)c1Cl. The van der Waals surface area contributed by atoms with E-state index in [1.165, 1.54) is 0 Å². The van der Waals surface area contributed by atoms with Gasteiger partial charge in [0.1, 0.15) is 11.6 Å². The summed E-state index contributed by atoms with van der Waals surface area (Å²) in [6, 6.07) is 11.1. The van der Waals surface area contributed by atoms with E-state index in [-0.39, 0.29) is 0 Å². The lowest BCUT2D eigenvalue weighted by atomic mass is 10.2. The number of hydrogen-bond acceptors (Lipinski definition) is 2. The van der Waals surface area contributed by atoms with Crippen molar-refractivity contribution in [3.05, 3.63) is 46.4 Å². The summed E-state index contributed by atoms with van der Waals surface area (Å²) in [6.45, 7) is 0. The predicted molar refractivity (Wildman–Crippen MR) is 78.1 cm³/mol. The average Bonchev–Trinajstić information content (AvgIpc) is 2.81. The van der Waals surface area contributed by atoms with Crippen molar-refractivity contribution in [3.8, 4) is 17.1 Å². The fraction of sp³-hybridized carbons (Fsp3) is 0.0714. The van der Waals surface area contributed by atoms with Crippen molar-refractivity contribution in [2.24, 2.45) is 0 Å². The number of benzene rings is 2. The summed E-state index contributed by atoms with van der Waals surface area (Å²) in [5.74, 6) is 1.32. The zero-order valence-corrected chi connectivity index (χ0v) is 11.6. The van der Waals surface area contributed by atoms with Crippen LogP contribution in [-0.2, 0) is 0 Å². The Bertz CT molecular complexity index is 752. The molecule has 1 heterocycles. The Morgan fingerprint density at radius 2 is 2.00 bits per heavy atom. The largest absolute Gasteiger partial charge is 0.495 e. The zero-order chi connectivity index (χ0) is 13.4. The molecule has 3 aromatic rings. The molecule has 3 nitrogen and oxygen atoms in total. The lowest BCUT2D eigenvalue weighted by molar-refractivity contribution is 0.415. The summed E-state index contributed by atoms with van der Waals surface area (Å²) in [6.07, 6.45) is 0. The lowest BCUT2D eigenvalue weighted by Gasteiger charge is -2.05. The van der Waals surface area contributed by atoms with Crippen molar-refractivity contribution in [3.63, 3.8) is 0 Å². The minimum atomic E-state index is 0.537. The molecule has 1 aromatic heterocycles. The third-order valence-electron chi connectivity index (χ3n) is 2.88. The molecule has 5 heteroatoms. The first-order chi connectivity index (χ1) is 9.19. The first-order valence-corrected chi connectivity index (χ1v) is 6.43. The molecule has 0 aliphatic carbocycles. The van der Waals surface area contributed by atoms with Crippen molar-refractivity contribution in [1.82, 2.24) is 9.97 Å². The van der Waals surface area contributed by atoms with Crippen LogP contribution in [0.25, 0.3) is 22.4 Å². The molecule has 0 unspecified atom stereocenters. The highest BCUT2D eigenvalue weighted by Gasteiger charge is 2.12. The van der Waals surface area contributed by atoms with Gasteiger partial charge in [0.25, 0.3) is 0 Å². The van der Waals surface area contributed by atoms with Crippen LogP contribution in [0.15, 0.2) is 36.4 Å². The maximum Gasteiger partial charge on any atom is 0.140 e. The van der Waals surface area contributed by atoms with Crippen LogP contribution in [0, 0.1) is 0 Å². The van der Waals surface area contributed by atoms with E-state index in [4.69, 9.17) is 27.9 Å². The summed E-state index contributed by atoms with van der Waals surface area (Å²) >= 11 is 12.3. The number of methoxy groups -OCH3 is 1. The Morgan fingerprint density at radius 3 is 2.79 bits per heavy atom. The fourth-order valence-electron chi connectivity index (χ4n) is 1.96. The number of hydrogen-bond donors (Lipinski definition) is 1. The number of rotatable bonds is 2. The monoisotopic (exact) mass is 292 g/mol. The number of aromatic nitrogens is 2. The van der Waals surface area contributed by atoms with Gasteiger partial charge in [-0.1, -0.05) is 29.3 Å². The third-order valence-corrected chi connectivity index (χ3v) is 3.51. The number of nitrogens with one attached hydrogen (secondary N) is 1. The van der Waals surface area contributed by atoms with Crippen LogP contribution >= 0.6 is 23.2 Å². The molecule has 0 amide bonds. The second-order valence-corrected chi connectivity index (χ2v) is 4.88. The lowest BCUT2D eigenvalue weighted by Crippen LogP contribution is -1.87. The molecule has 0 fully saturated rings. The number of nitrogens with zero attached hydrogens (tertiary/aromatic N) is 1. The third kappa shape index (κ3) is 2.15. The van der Waals surface area contributed by atoms with Gasteiger partial charge in [-0.3, -0.25) is 0 Å². The minimum absolute atomic E-state index is 0.537. The topological polar surface area (TPSA) is 37.9 Å². The first kappa shape index (κ1) is 12.3. The maximum atomic E-state index is 6.29. The summed E-state index contributed by atoms with van der Waals surface area (Å²) in [7, 11) is 1.59. The molecular weight excluding hydrogens is 283 g/mol. The Morgan fingerprint density at radius 1 is 1.16 bits per heavy atom. The van der Waals surface area contributed by atoms with Crippen LogP contribution < -0.4 is 4.74 Å². The molecule has 0 atom stereocenters. The fourth-order valence-corrected chi connectivity index (χ4v) is 2.43. The van der Waals surface area contributed by atoms with E-state index < -0.39 is 0 Å². The molecule has 0 spiro atoms. The zero-order valence-electron chi connectivity index (χ0n) is 10.1. The predicted octanol–water partition coefficient (Wildman–Crippen LogP) is 4.55. The number of ether oxygens (including phenoxy) is 1. The normalized spacial score (nSPS) is 10.9. The van der Waals surface area contributed by atoms with Gasteiger partial charge in [0.05, 0.1) is 23.2 Å².